The largest absolute Gasteiger partial charge is 0.0836 e. The summed E-state index contributed by atoms with van der Waals surface area (Å²) in [6, 6.07) is 5.53. The molecule has 2 heteroatoms. The molecule has 0 heterocycles. The van der Waals surface area contributed by atoms with Gasteiger partial charge in [0.25, 0.3) is 0 Å². The fraction of sp³-hybridized carbons (Fsp3) is 0.273. The van der Waals surface area contributed by atoms with Gasteiger partial charge < -0.3 is 0 Å². The summed E-state index contributed by atoms with van der Waals surface area (Å²) in [5.74, 6) is 0.507. The van der Waals surface area contributed by atoms with Crippen molar-refractivity contribution in [3.63, 3.8) is 0 Å². The van der Waals surface area contributed by atoms with Crippen LogP contribution in [0.4, 0.5) is 0 Å². The molecule has 0 fully saturated rings. The predicted molar refractivity (Wildman–Crippen MR) is 60.3 cm³/mol. The Morgan fingerprint density at radius 3 is 2.15 bits per heavy atom. The van der Waals surface area contributed by atoms with Gasteiger partial charge in [0, 0.05) is 15.6 Å². The Kier molecular flexibility index (Phi) is 3.83. The van der Waals surface area contributed by atoms with E-state index < -0.39 is 0 Å². The maximum absolute atomic E-state index is 5.98. The first-order chi connectivity index (χ1) is 6.11. The second kappa shape index (κ2) is 4.69. The zero-order valence-corrected chi connectivity index (χ0v) is 9.23. The zero-order valence-electron chi connectivity index (χ0n) is 7.72. The summed E-state index contributed by atoms with van der Waals surface area (Å²) < 4.78 is 0. The van der Waals surface area contributed by atoms with Crippen LogP contribution in [0, 0.1) is 5.92 Å². The van der Waals surface area contributed by atoms with E-state index in [-0.39, 0.29) is 0 Å². The van der Waals surface area contributed by atoms with Gasteiger partial charge in [-0.15, -0.1) is 0 Å². The lowest BCUT2D eigenvalue weighted by Crippen LogP contribution is -1.80. The van der Waals surface area contributed by atoms with Crippen molar-refractivity contribution in [3.05, 3.63) is 39.9 Å². The Balaban J connectivity index is 3.00. The fourth-order valence-corrected chi connectivity index (χ4v) is 1.48. The highest BCUT2D eigenvalue weighted by Crippen LogP contribution is 2.25. The van der Waals surface area contributed by atoms with Crippen LogP contribution in [0.15, 0.2) is 24.3 Å². The van der Waals surface area contributed by atoms with E-state index in [1.165, 1.54) is 0 Å². The first-order valence-corrected chi connectivity index (χ1v) is 4.99. The average molecular weight is 215 g/mol. The molecular weight excluding hydrogens is 203 g/mol. The first-order valence-electron chi connectivity index (χ1n) is 4.23. The van der Waals surface area contributed by atoms with Crippen molar-refractivity contribution in [3.8, 4) is 0 Å². The lowest BCUT2D eigenvalue weighted by atomic mass is 10.1. The van der Waals surface area contributed by atoms with Gasteiger partial charge in [0.2, 0.25) is 0 Å². The molecule has 1 aromatic carbocycles. The molecule has 0 unspecified atom stereocenters. The van der Waals surface area contributed by atoms with E-state index >= 15 is 0 Å². The van der Waals surface area contributed by atoms with Gasteiger partial charge in [-0.2, -0.15) is 0 Å². The minimum absolute atomic E-state index is 0.507. The van der Waals surface area contributed by atoms with Crippen LogP contribution in [0.25, 0.3) is 6.08 Å². The molecule has 0 aliphatic heterocycles. The van der Waals surface area contributed by atoms with Crippen LogP contribution < -0.4 is 0 Å². The molecule has 0 aliphatic rings. The summed E-state index contributed by atoms with van der Waals surface area (Å²) in [4.78, 5) is 0. The van der Waals surface area contributed by atoms with E-state index in [0.29, 0.717) is 16.0 Å². The minimum atomic E-state index is 0.507. The van der Waals surface area contributed by atoms with Gasteiger partial charge in [-0.05, 0) is 18.1 Å². The molecule has 0 atom stereocenters. The summed E-state index contributed by atoms with van der Waals surface area (Å²) in [5, 5.41) is 1.40. The van der Waals surface area contributed by atoms with Crippen LogP contribution in [0.2, 0.25) is 10.0 Å². The van der Waals surface area contributed by atoms with Crippen LogP contribution in [-0.4, -0.2) is 0 Å². The smallest absolute Gasteiger partial charge is 0.0493 e. The SMILES string of the molecule is CC(C)/C=C/c1c(Cl)cccc1Cl. The van der Waals surface area contributed by atoms with Gasteiger partial charge >= 0.3 is 0 Å². The lowest BCUT2D eigenvalue weighted by Gasteiger charge is -2.01. The van der Waals surface area contributed by atoms with Gasteiger partial charge in [-0.25, -0.2) is 0 Å². The molecule has 0 saturated carbocycles. The van der Waals surface area contributed by atoms with Crippen molar-refractivity contribution in [1.82, 2.24) is 0 Å². The first kappa shape index (κ1) is 10.6. The van der Waals surface area contributed by atoms with Crippen molar-refractivity contribution < 1.29 is 0 Å². The predicted octanol–water partition coefficient (Wildman–Crippen LogP) is 4.66. The van der Waals surface area contributed by atoms with Crippen molar-refractivity contribution >= 4 is 29.3 Å². The molecule has 70 valence electrons. The molecule has 0 amide bonds. The summed E-state index contributed by atoms with van der Waals surface area (Å²) in [6.07, 6.45) is 4.04. The van der Waals surface area contributed by atoms with Crippen LogP contribution in [-0.2, 0) is 0 Å². The average Bonchev–Trinajstić information content (AvgIpc) is 2.03. The molecule has 0 radical (unpaired) electrons. The standard InChI is InChI=1S/C11H12Cl2/c1-8(2)6-7-9-10(12)4-3-5-11(9)13/h3-8H,1-2H3/b7-6+. The maximum Gasteiger partial charge on any atom is 0.0493 e. The summed E-state index contributed by atoms with van der Waals surface area (Å²) in [7, 11) is 0. The van der Waals surface area contributed by atoms with Crippen LogP contribution in [0.1, 0.15) is 19.4 Å². The summed E-state index contributed by atoms with van der Waals surface area (Å²) >= 11 is 12.0. The third-order valence-electron chi connectivity index (χ3n) is 1.65. The van der Waals surface area contributed by atoms with Crippen molar-refractivity contribution in [2.24, 2.45) is 5.92 Å². The van der Waals surface area contributed by atoms with Gasteiger partial charge in [0.15, 0.2) is 0 Å². The van der Waals surface area contributed by atoms with Gasteiger partial charge in [-0.1, -0.05) is 55.3 Å². The number of benzene rings is 1. The van der Waals surface area contributed by atoms with E-state index in [9.17, 15) is 0 Å². The fourth-order valence-electron chi connectivity index (χ4n) is 0.959. The molecule has 0 bridgehead atoms. The highest BCUT2D eigenvalue weighted by atomic mass is 35.5. The Morgan fingerprint density at radius 2 is 1.69 bits per heavy atom. The van der Waals surface area contributed by atoms with E-state index in [4.69, 9.17) is 23.2 Å². The molecule has 0 aliphatic carbocycles. The molecule has 1 aromatic rings. The number of hydrogen-bond acceptors (Lipinski definition) is 0. The summed E-state index contributed by atoms with van der Waals surface area (Å²) in [6.45, 7) is 4.22. The molecule has 13 heavy (non-hydrogen) atoms. The minimum Gasteiger partial charge on any atom is -0.0836 e. The monoisotopic (exact) mass is 214 g/mol. The molecule has 1 rings (SSSR count). The second-order valence-electron chi connectivity index (χ2n) is 3.24. The number of allylic oxidation sites excluding steroid dienone is 1. The quantitative estimate of drug-likeness (QED) is 0.672. The van der Waals surface area contributed by atoms with E-state index in [0.717, 1.165) is 5.56 Å². The number of rotatable bonds is 2. The van der Waals surface area contributed by atoms with Gasteiger partial charge in [0.1, 0.15) is 0 Å². The van der Waals surface area contributed by atoms with Crippen molar-refractivity contribution in [2.45, 2.75) is 13.8 Å². The third kappa shape index (κ3) is 3.06. The normalized spacial score (nSPS) is 11.5. The Morgan fingerprint density at radius 1 is 1.15 bits per heavy atom. The van der Waals surface area contributed by atoms with Crippen molar-refractivity contribution in [1.29, 1.82) is 0 Å². The molecule has 0 aromatic heterocycles. The number of hydrogen-bond donors (Lipinski definition) is 0. The van der Waals surface area contributed by atoms with E-state index in [1.807, 2.05) is 24.3 Å². The Labute approximate surface area is 89.2 Å². The van der Waals surface area contributed by atoms with Crippen molar-refractivity contribution in [2.75, 3.05) is 0 Å². The molecule has 0 N–H and O–H groups in total. The summed E-state index contributed by atoms with van der Waals surface area (Å²) in [5.41, 5.74) is 0.902. The molecule has 0 spiro atoms. The second-order valence-corrected chi connectivity index (χ2v) is 4.05. The van der Waals surface area contributed by atoms with E-state index in [1.54, 1.807) is 0 Å². The third-order valence-corrected chi connectivity index (χ3v) is 2.31. The zero-order chi connectivity index (χ0) is 9.84. The van der Waals surface area contributed by atoms with Gasteiger partial charge in [-0.3, -0.25) is 0 Å². The topological polar surface area (TPSA) is 0 Å². The Bertz CT molecular complexity index is 294. The van der Waals surface area contributed by atoms with Crippen LogP contribution in [0.3, 0.4) is 0 Å². The molecular formula is C11H12Cl2. The van der Waals surface area contributed by atoms with Gasteiger partial charge in [0.05, 0.1) is 0 Å². The van der Waals surface area contributed by atoms with Crippen LogP contribution in [0.5, 0.6) is 0 Å². The molecule has 0 nitrogen and oxygen atoms in total. The van der Waals surface area contributed by atoms with Crippen LogP contribution >= 0.6 is 23.2 Å². The highest BCUT2D eigenvalue weighted by molar-refractivity contribution is 6.37. The Hall–Kier alpha value is -0.460. The molecule has 0 saturated heterocycles. The number of halogens is 2. The maximum atomic E-state index is 5.98. The highest BCUT2D eigenvalue weighted by Gasteiger charge is 2.00. The van der Waals surface area contributed by atoms with E-state index in [2.05, 4.69) is 19.9 Å². The lowest BCUT2D eigenvalue weighted by molar-refractivity contribution is 0.836.